The van der Waals surface area contributed by atoms with E-state index < -0.39 is 0 Å². The molecule has 0 atom stereocenters. The van der Waals surface area contributed by atoms with Crippen LogP contribution in [0.2, 0.25) is 0 Å². The average molecular weight is 314 g/mol. The number of rotatable bonds is 4. The number of nitrogens with one attached hydrogen (secondary N) is 1. The van der Waals surface area contributed by atoms with E-state index in [1.165, 1.54) is 25.7 Å². The second-order valence-corrected chi connectivity index (χ2v) is 5.21. The van der Waals surface area contributed by atoms with Gasteiger partial charge < -0.3 is 10.2 Å². The van der Waals surface area contributed by atoms with Gasteiger partial charge in [0.15, 0.2) is 5.75 Å². The van der Waals surface area contributed by atoms with Crippen molar-refractivity contribution >= 4 is 21.6 Å². The van der Waals surface area contributed by atoms with E-state index in [2.05, 4.69) is 31.3 Å². The molecule has 5 heteroatoms. The molecule has 1 aromatic rings. The highest BCUT2D eigenvalue weighted by Crippen LogP contribution is 2.26. The van der Waals surface area contributed by atoms with Crippen molar-refractivity contribution in [2.75, 3.05) is 25.1 Å². The Morgan fingerprint density at radius 3 is 2.72 bits per heavy atom. The van der Waals surface area contributed by atoms with Crippen molar-refractivity contribution in [3.8, 4) is 5.75 Å². The smallest absolute Gasteiger partial charge is 0.154 e. The Bertz CT molecular complexity index is 378. The van der Waals surface area contributed by atoms with E-state index in [1.54, 1.807) is 0 Å². The van der Waals surface area contributed by atoms with Gasteiger partial charge in [0.2, 0.25) is 0 Å². The lowest BCUT2D eigenvalue weighted by Gasteiger charge is -2.22. The molecule has 1 aliphatic heterocycles. The molecule has 1 aromatic heterocycles. The topological polar surface area (TPSA) is 37.4 Å². The van der Waals surface area contributed by atoms with Crippen molar-refractivity contribution in [1.29, 1.82) is 0 Å². The van der Waals surface area contributed by atoms with Gasteiger partial charge in [-0.1, -0.05) is 12.8 Å². The minimum Gasteiger partial charge on any atom is -0.491 e. The Balaban J connectivity index is 2.01. The monoisotopic (exact) mass is 313 g/mol. The van der Waals surface area contributed by atoms with E-state index in [0.717, 1.165) is 29.1 Å². The highest BCUT2D eigenvalue weighted by molar-refractivity contribution is 9.10. The number of ether oxygens (including phenoxy) is 1. The van der Waals surface area contributed by atoms with Gasteiger partial charge in [0.05, 0.1) is 18.5 Å². The third-order valence-corrected chi connectivity index (χ3v) is 3.60. The third-order valence-electron chi connectivity index (χ3n) is 3.00. The van der Waals surface area contributed by atoms with Crippen LogP contribution in [0, 0.1) is 0 Å². The maximum atomic E-state index is 5.52. The van der Waals surface area contributed by atoms with Crippen molar-refractivity contribution in [2.45, 2.75) is 32.6 Å². The van der Waals surface area contributed by atoms with Crippen LogP contribution < -0.4 is 10.2 Å². The summed E-state index contributed by atoms with van der Waals surface area (Å²) < 4.78 is 6.28. The molecule has 18 heavy (non-hydrogen) atoms. The molecule has 0 radical (unpaired) electrons. The number of anilines is 1. The highest BCUT2D eigenvalue weighted by Gasteiger charge is 2.10. The van der Waals surface area contributed by atoms with Gasteiger partial charge in [-0.15, -0.1) is 0 Å². The zero-order valence-corrected chi connectivity index (χ0v) is 12.4. The molecule has 2 heterocycles. The summed E-state index contributed by atoms with van der Waals surface area (Å²) >= 11 is 3.39. The predicted octanol–water partition coefficient (Wildman–Crippen LogP) is 3.45. The fraction of sp³-hybridized carbons (Fsp3) is 0.615. The molecule has 0 spiro atoms. The van der Waals surface area contributed by atoms with Crippen LogP contribution in [0.4, 0.5) is 5.69 Å². The van der Waals surface area contributed by atoms with Crippen molar-refractivity contribution in [2.24, 2.45) is 0 Å². The Kier molecular flexibility index (Phi) is 5.26. The van der Waals surface area contributed by atoms with E-state index >= 15 is 0 Å². The Labute approximate surface area is 117 Å². The van der Waals surface area contributed by atoms with Crippen LogP contribution in [0.1, 0.15) is 32.6 Å². The minimum atomic E-state index is 0.646. The average Bonchev–Trinajstić information content (AvgIpc) is 2.62. The van der Waals surface area contributed by atoms with E-state index in [1.807, 2.05) is 19.2 Å². The van der Waals surface area contributed by atoms with Crippen molar-refractivity contribution in [3.05, 3.63) is 16.9 Å². The minimum absolute atomic E-state index is 0.646. The number of halogens is 1. The van der Waals surface area contributed by atoms with Gasteiger partial charge in [-0.3, -0.25) is 0 Å². The molecule has 1 fully saturated rings. The van der Waals surface area contributed by atoms with E-state index in [9.17, 15) is 0 Å². The number of hydrogen-bond acceptors (Lipinski definition) is 4. The second-order valence-electron chi connectivity index (χ2n) is 4.46. The largest absolute Gasteiger partial charge is 0.491 e. The van der Waals surface area contributed by atoms with Gasteiger partial charge >= 0.3 is 0 Å². The summed E-state index contributed by atoms with van der Waals surface area (Å²) in [5, 5.41) is 2.27. The molecule has 0 amide bonds. The Morgan fingerprint density at radius 1 is 1.33 bits per heavy atom. The Morgan fingerprint density at radius 2 is 2.06 bits per heavy atom. The van der Waals surface area contributed by atoms with Crippen LogP contribution in [0.15, 0.2) is 16.9 Å². The van der Waals surface area contributed by atoms with Crippen molar-refractivity contribution in [1.82, 2.24) is 9.99 Å². The molecule has 0 bridgehead atoms. The quantitative estimate of drug-likeness (QED) is 0.864. The molecular weight excluding hydrogens is 294 g/mol. The lowest BCUT2D eigenvalue weighted by Crippen LogP contribution is -2.30. The van der Waals surface area contributed by atoms with Crippen molar-refractivity contribution in [3.63, 3.8) is 0 Å². The molecule has 0 unspecified atom stereocenters. The fourth-order valence-electron chi connectivity index (χ4n) is 2.11. The molecule has 0 aromatic carbocycles. The normalized spacial score (nSPS) is 17.2. The molecular formula is C13H20BrN3O. The maximum Gasteiger partial charge on any atom is 0.154 e. The fourth-order valence-corrected chi connectivity index (χ4v) is 2.44. The summed E-state index contributed by atoms with van der Waals surface area (Å²) in [5.74, 6) is 0.789. The number of hydrazine groups is 1. The van der Waals surface area contributed by atoms with Gasteiger partial charge in [-0.05, 0) is 35.7 Å². The summed E-state index contributed by atoms with van der Waals surface area (Å²) in [6.45, 7) is 4.81. The third kappa shape index (κ3) is 3.85. The molecule has 2 rings (SSSR count). The number of aromatic nitrogens is 1. The van der Waals surface area contributed by atoms with E-state index in [0.29, 0.717) is 6.61 Å². The van der Waals surface area contributed by atoms with Gasteiger partial charge in [0.1, 0.15) is 4.60 Å². The van der Waals surface area contributed by atoms with Gasteiger partial charge in [-0.2, -0.15) is 0 Å². The molecule has 0 saturated carbocycles. The zero-order valence-electron chi connectivity index (χ0n) is 10.8. The predicted molar refractivity (Wildman–Crippen MR) is 76.8 cm³/mol. The first-order chi connectivity index (χ1) is 8.79. The zero-order chi connectivity index (χ0) is 12.8. The first-order valence-corrected chi connectivity index (χ1v) is 7.39. The highest BCUT2D eigenvalue weighted by atomic mass is 79.9. The summed E-state index contributed by atoms with van der Waals surface area (Å²) in [6, 6.07) is 1.99. The second kappa shape index (κ2) is 6.95. The van der Waals surface area contributed by atoms with Crippen LogP contribution >= 0.6 is 15.9 Å². The van der Waals surface area contributed by atoms with Gasteiger partial charge in [0, 0.05) is 19.2 Å². The molecule has 1 aliphatic rings. The lowest BCUT2D eigenvalue weighted by atomic mass is 10.2. The van der Waals surface area contributed by atoms with Crippen LogP contribution in [-0.2, 0) is 0 Å². The molecule has 1 saturated heterocycles. The van der Waals surface area contributed by atoms with E-state index in [4.69, 9.17) is 4.74 Å². The van der Waals surface area contributed by atoms with Crippen LogP contribution in [0.3, 0.4) is 0 Å². The van der Waals surface area contributed by atoms with Gasteiger partial charge in [0.25, 0.3) is 0 Å². The molecule has 100 valence electrons. The van der Waals surface area contributed by atoms with Crippen molar-refractivity contribution < 1.29 is 4.74 Å². The van der Waals surface area contributed by atoms with Crippen LogP contribution in [0.25, 0.3) is 0 Å². The van der Waals surface area contributed by atoms with Crippen LogP contribution in [-0.4, -0.2) is 29.7 Å². The lowest BCUT2D eigenvalue weighted by molar-refractivity contribution is 0.332. The summed E-state index contributed by atoms with van der Waals surface area (Å²) in [5.41, 5.74) is 4.41. The summed E-state index contributed by atoms with van der Waals surface area (Å²) in [7, 11) is 0. The first-order valence-electron chi connectivity index (χ1n) is 6.59. The number of hydrogen-bond donors (Lipinski definition) is 1. The molecule has 0 aliphatic carbocycles. The van der Waals surface area contributed by atoms with E-state index in [-0.39, 0.29) is 0 Å². The molecule has 1 N–H and O–H groups in total. The Hall–Kier alpha value is -0.810. The first kappa shape index (κ1) is 13.6. The number of nitrogens with zero attached hydrogens (tertiary/aromatic N) is 2. The van der Waals surface area contributed by atoms with Crippen LogP contribution in [0.5, 0.6) is 5.75 Å². The SMILES string of the molecule is CCOc1cc(NN2CCCCCC2)cnc1Br. The summed E-state index contributed by atoms with van der Waals surface area (Å²) in [4.78, 5) is 4.29. The standard InChI is InChI=1S/C13H20BrN3O/c1-2-18-12-9-11(10-15-13(12)14)16-17-7-5-3-4-6-8-17/h9-10,16H,2-8H2,1H3. The summed E-state index contributed by atoms with van der Waals surface area (Å²) in [6.07, 6.45) is 7.02. The molecule has 4 nitrogen and oxygen atoms in total. The maximum absolute atomic E-state index is 5.52. The van der Waals surface area contributed by atoms with Gasteiger partial charge in [-0.25, -0.2) is 9.99 Å². The number of pyridine rings is 1.